The zero-order chi connectivity index (χ0) is 12.0. The molecule has 0 fully saturated rings. The number of aromatic nitrogens is 1. The number of nitrogens with zero attached hydrogens (tertiary/aromatic N) is 1. The van der Waals surface area contributed by atoms with Crippen molar-refractivity contribution < 1.29 is 9.84 Å². The molecule has 0 spiro atoms. The van der Waals surface area contributed by atoms with Crippen molar-refractivity contribution in [3.05, 3.63) is 23.9 Å². The third-order valence-electron chi connectivity index (χ3n) is 2.74. The van der Waals surface area contributed by atoms with Gasteiger partial charge in [0.25, 0.3) is 0 Å². The number of hydrogen-bond acceptors (Lipinski definition) is 4. The Hall–Kier alpha value is -1.13. The molecule has 4 heteroatoms. The molecule has 1 rings (SSSR count). The molecular formula is C12H20N2O2. The van der Waals surface area contributed by atoms with Crippen LogP contribution >= 0.6 is 0 Å². The van der Waals surface area contributed by atoms with Gasteiger partial charge in [-0.25, -0.2) is 4.98 Å². The van der Waals surface area contributed by atoms with Gasteiger partial charge in [0.15, 0.2) is 0 Å². The molecule has 0 aromatic carbocycles. The number of ether oxygens (including phenoxy) is 1. The van der Waals surface area contributed by atoms with Crippen LogP contribution in [0.4, 0.5) is 0 Å². The molecule has 0 amide bonds. The van der Waals surface area contributed by atoms with Crippen LogP contribution in [0.25, 0.3) is 0 Å². The molecule has 1 aromatic rings. The topological polar surface area (TPSA) is 54.4 Å². The second kappa shape index (κ2) is 6.45. The summed E-state index contributed by atoms with van der Waals surface area (Å²) in [6.07, 6.45) is 0. The Kier molecular flexibility index (Phi) is 5.22. The van der Waals surface area contributed by atoms with Gasteiger partial charge in [-0.1, -0.05) is 13.0 Å². The predicted octanol–water partition coefficient (Wildman–Crippen LogP) is 1.20. The van der Waals surface area contributed by atoms with Gasteiger partial charge >= 0.3 is 0 Å². The first-order valence-electron chi connectivity index (χ1n) is 5.51. The fraction of sp³-hybridized carbons (Fsp3) is 0.583. The van der Waals surface area contributed by atoms with E-state index < -0.39 is 0 Å². The Bertz CT molecular complexity index is 318. The average Bonchev–Trinajstić information content (AvgIpc) is 2.35. The van der Waals surface area contributed by atoms with Gasteiger partial charge in [0.05, 0.1) is 12.8 Å². The van der Waals surface area contributed by atoms with Crippen LogP contribution in [0, 0.1) is 5.92 Å². The molecule has 4 nitrogen and oxygen atoms in total. The summed E-state index contributed by atoms with van der Waals surface area (Å²) in [7, 11) is 1.61. The first-order chi connectivity index (χ1) is 7.67. The Morgan fingerprint density at radius 2 is 2.19 bits per heavy atom. The molecular weight excluding hydrogens is 204 g/mol. The molecule has 2 N–H and O–H groups in total. The van der Waals surface area contributed by atoms with E-state index in [1.165, 1.54) is 0 Å². The maximum absolute atomic E-state index is 9.01. The summed E-state index contributed by atoms with van der Waals surface area (Å²) in [5.74, 6) is 0.868. The van der Waals surface area contributed by atoms with Gasteiger partial charge in [0.2, 0.25) is 5.88 Å². The lowest BCUT2D eigenvalue weighted by atomic mass is 10.1. The zero-order valence-corrected chi connectivity index (χ0v) is 10.1. The van der Waals surface area contributed by atoms with Crippen molar-refractivity contribution in [2.45, 2.75) is 26.4 Å². The van der Waals surface area contributed by atoms with Crippen molar-refractivity contribution in [1.29, 1.82) is 0 Å². The molecule has 0 saturated heterocycles. The fourth-order valence-electron chi connectivity index (χ4n) is 1.29. The van der Waals surface area contributed by atoms with Crippen molar-refractivity contribution in [2.24, 2.45) is 5.92 Å². The Morgan fingerprint density at radius 3 is 2.81 bits per heavy atom. The molecule has 0 aliphatic rings. The molecule has 0 bridgehead atoms. The second-order valence-electron chi connectivity index (χ2n) is 4.00. The molecule has 2 unspecified atom stereocenters. The van der Waals surface area contributed by atoms with Gasteiger partial charge in [0, 0.05) is 25.3 Å². The van der Waals surface area contributed by atoms with Crippen LogP contribution in [0.1, 0.15) is 19.5 Å². The molecule has 1 heterocycles. The van der Waals surface area contributed by atoms with Crippen LogP contribution in [0.5, 0.6) is 5.88 Å². The van der Waals surface area contributed by atoms with E-state index >= 15 is 0 Å². The lowest BCUT2D eigenvalue weighted by molar-refractivity contribution is 0.206. The van der Waals surface area contributed by atoms with Crippen LogP contribution in [0.2, 0.25) is 0 Å². The SMILES string of the molecule is COc1cccc(CNC(C)C(C)CO)n1. The van der Waals surface area contributed by atoms with Gasteiger partial charge in [-0.2, -0.15) is 0 Å². The Balaban J connectivity index is 2.47. The van der Waals surface area contributed by atoms with Gasteiger partial charge in [-0.3, -0.25) is 0 Å². The van der Waals surface area contributed by atoms with Crippen molar-refractivity contribution in [3.63, 3.8) is 0 Å². The van der Waals surface area contributed by atoms with Crippen LogP contribution in [-0.4, -0.2) is 29.8 Å². The third kappa shape index (κ3) is 3.79. The number of methoxy groups -OCH3 is 1. The fourth-order valence-corrected chi connectivity index (χ4v) is 1.29. The van der Waals surface area contributed by atoms with E-state index in [1.807, 2.05) is 25.1 Å². The Labute approximate surface area is 96.7 Å². The second-order valence-corrected chi connectivity index (χ2v) is 4.00. The van der Waals surface area contributed by atoms with Crippen LogP contribution in [0.3, 0.4) is 0 Å². The quantitative estimate of drug-likeness (QED) is 0.762. The number of pyridine rings is 1. The van der Waals surface area contributed by atoms with Gasteiger partial charge in [-0.05, 0) is 18.9 Å². The standard InChI is InChI=1S/C12H20N2O2/c1-9(8-15)10(2)13-7-11-5-4-6-12(14-11)16-3/h4-6,9-10,13,15H,7-8H2,1-3H3. The number of aliphatic hydroxyl groups excluding tert-OH is 1. The summed E-state index contributed by atoms with van der Waals surface area (Å²) in [5, 5.41) is 12.3. The lowest BCUT2D eigenvalue weighted by Gasteiger charge is -2.19. The van der Waals surface area contributed by atoms with Crippen LogP contribution in [0.15, 0.2) is 18.2 Å². The maximum Gasteiger partial charge on any atom is 0.213 e. The maximum atomic E-state index is 9.01. The summed E-state index contributed by atoms with van der Waals surface area (Å²) >= 11 is 0. The highest BCUT2D eigenvalue weighted by molar-refractivity contribution is 5.15. The molecule has 90 valence electrons. The minimum absolute atomic E-state index is 0.194. The smallest absolute Gasteiger partial charge is 0.213 e. The number of nitrogens with one attached hydrogen (secondary N) is 1. The highest BCUT2D eigenvalue weighted by Gasteiger charge is 2.10. The summed E-state index contributed by atoms with van der Waals surface area (Å²) in [6, 6.07) is 5.95. The number of aliphatic hydroxyl groups is 1. The largest absolute Gasteiger partial charge is 0.481 e. The van der Waals surface area contributed by atoms with E-state index in [2.05, 4.69) is 17.2 Å². The molecule has 0 aliphatic heterocycles. The van der Waals surface area contributed by atoms with Gasteiger partial charge in [-0.15, -0.1) is 0 Å². The third-order valence-corrected chi connectivity index (χ3v) is 2.74. The van der Waals surface area contributed by atoms with Crippen molar-refractivity contribution >= 4 is 0 Å². The van der Waals surface area contributed by atoms with Crippen LogP contribution in [-0.2, 0) is 6.54 Å². The molecule has 0 aliphatic carbocycles. The summed E-state index contributed by atoms with van der Waals surface area (Å²) in [4.78, 5) is 4.30. The van der Waals surface area contributed by atoms with Crippen LogP contribution < -0.4 is 10.1 Å². The highest BCUT2D eigenvalue weighted by atomic mass is 16.5. The number of hydrogen-bond donors (Lipinski definition) is 2. The first kappa shape index (κ1) is 12.9. The van der Waals surface area contributed by atoms with E-state index in [1.54, 1.807) is 7.11 Å². The highest BCUT2D eigenvalue weighted by Crippen LogP contribution is 2.07. The van der Waals surface area contributed by atoms with Crippen molar-refractivity contribution in [3.8, 4) is 5.88 Å². The van der Waals surface area contributed by atoms with Gasteiger partial charge in [0.1, 0.15) is 0 Å². The molecule has 2 atom stereocenters. The lowest BCUT2D eigenvalue weighted by Crippen LogP contribution is -2.33. The first-order valence-corrected chi connectivity index (χ1v) is 5.51. The normalized spacial score (nSPS) is 14.5. The van der Waals surface area contributed by atoms with Crippen molar-refractivity contribution in [2.75, 3.05) is 13.7 Å². The monoisotopic (exact) mass is 224 g/mol. The van der Waals surface area contributed by atoms with E-state index in [9.17, 15) is 0 Å². The van der Waals surface area contributed by atoms with E-state index in [0.717, 1.165) is 5.69 Å². The summed E-state index contributed by atoms with van der Waals surface area (Å²) in [5.41, 5.74) is 0.941. The van der Waals surface area contributed by atoms with Gasteiger partial charge < -0.3 is 15.2 Å². The predicted molar refractivity (Wildman–Crippen MR) is 63.3 cm³/mol. The number of rotatable bonds is 6. The molecule has 0 radical (unpaired) electrons. The molecule has 16 heavy (non-hydrogen) atoms. The van der Waals surface area contributed by atoms with E-state index in [-0.39, 0.29) is 18.6 Å². The zero-order valence-electron chi connectivity index (χ0n) is 10.1. The average molecular weight is 224 g/mol. The molecule has 1 aromatic heterocycles. The molecule has 0 saturated carbocycles. The summed E-state index contributed by atoms with van der Waals surface area (Å²) < 4.78 is 5.05. The van der Waals surface area contributed by atoms with Crippen molar-refractivity contribution in [1.82, 2.24) is 10.3 Å². The summed E-state index contributed by atoms with van der Waals surface area (Å²) in [6.45, 7) is 4.94. The van der Waals surface area contributed by atoms with E-state index in [4.69, 9.17) is 9.84 Å². The minimum Gasteiger partial charge on any atom is -0.481 e. The Morgan fingerprint density at radius 1 is 1.44 bits per heavy atom. The minimum atomic E-state index is 0.194. The van der Waals surface area contributed by atoms with E-state index in [0.29, 0.717) is 12.4 Å².